The molecular weight excluding hydrogens is 376 g/mol. The van der Waals surface area contributed by atoms with Crippen LogP contribution in [0.4, 0.5) is 0 Å². The number of rotatable bonds is 4. The third-order valence-corrected chi connectivity index (χ3v) is 5.96. The Kier molecular flexibility index (Phi) is 4.53. The van der Waals surface area contributed by atoms with Gasteiger partial charge < -0.3 is 28.4 Å². The molecule has 0 aromatic heterocycles. The maximum atomic E-state index is 12.6. The van der Waals surface area contributed by atoms with Crippen LogP contribution in [-0.4, -0.2) is 54.9 Å². The average molecular weight is 404 g/mol. The Labute approximate surface area is 170 Å². The van der Waals surface area contributed by atoms with Crippen molar-refractivity contribution >= 4 is 5.97 Å². The molecule has 7 atom stereocenters. The van der Waals surface area contributed by atoms with Crippen molar-refractivity contribution in [3.8, 4) is 0 Å². The fourth-order valence-electron chi connectivity index (χ4n) is 4.62. The van der Waals surface area contributed by atoms with E-state index in [4.69, 9.17) is 28.4 Å². The van der Waals surface area contributed by atoms with E-state index in [0.29, 0.717) is 0 Å². The van der Waals surface area contributed by atoms with Gasteiger partial charge in [0.25, 0.3) is 0 Å². The van der Waals surface area contributed by atoms with Gasteiger partial charge in [-0.2, -0.15) is 0 Å². The molecule has 158 valence electrons. The van der Waals surface area contributed by atoms with Gasteiger partial charge in [0, 0.05) is 0 Å². The van der Waals surface area contributed by atoms with Crippen LogP contribution in [0.15, 0.2) is 30.3 Å². The van der Waals surface area contributed by atoms with Gasteiger partial charge in [0.05, 0.1) is 5.92 Å². The van der Waals surface area contributed by atoms with E-state index in [1.807, 2.05) is 45.9 Å². The summed E-state index contributed by atoms with van der Waals surface area (Å²) < 4.78 is 35.7. The molecule has 0 unspecified atom stereocenters. The van der Waals surface area contributed by atoms with Gasteiger partial charge in [-0.25, -0.2) is 0 Å². The lowest BCUT2D eigenvalue weighted by Crippen LogP contribution is -2.56. The van der Waals surface area contributed by atoms with Gasteiger partial charge in [0.1, 0.15) is 31.0 Å². The highest BCUT2D eigenvalue weighted by atomic mass is 16.9. The topological polar surface area (TPSA) is 72.5 Å². The zero-order chi connectivity index (χ0) is 20.4. The van der Waals surface area contributed by atoms with E-state index in [2.05, 4.69) is 12.1 Å². The van der Waals surface area contributed by atoms with Gasteiger partial charge in [-0.15, -0.1) is 0 Å². The zero-order valence-corrected chi connectivity index (χ0v) is 17.2. The van der Waals surface area contributed by atoms with Crippen LogP contribution < -0.4 is 0 Å². The van der Waals surface area contributed by atoms with Crippen molar-refractivity contribution in [2.75, 3.05) is 6.61 Å². The average Bonchev–Trinajstić information content (AvgIpc) is 3.30. The van der Waals surface area contributed by atoms with Gasteiger partial charge in [0.2, 0.25) is 0 Å². The molecule has 3 saturated heterocycles. The van der Waals surface area contributed by atoms with Crippen molar-refractivity contribution in [1.29, 1.82) is 0 Å². The van der Waals surface area contributed by atoms with E-state index in [1.54, 1.807) is 0 Å². The van der Waals surface area contributed by atoms with Crippen LogP contribution in [0.5, 0.6) is 0 Å². The molecule has 29 heavy (non-hydrogen) atoms. The summed E-state index contributed by atoms with van der Waals surface area (Å²) in [6, 6.07) is 10.1. The Morgan fingerprint density at radius 2 is 1.62 bits per heavy atom. The smallest absolute Gasteiger partial charge is 0.309 e. The normalized spacial score (nSPS) is 41.4. The number of hydrogen-bond donors (Lipinski definition) is 0. The van der Waals surface area contributed by atoms with E-state index >= 15 is 0 Å². The van der Waals surface area contributed by atoms with Crippen LogP contribution in [-0.2, 0) is 33.2 Å². The van der Waals surface area contributed by atoms with E-state index < -0.39 is 24.0 Å². The first kappa shape index (κ1) is 19.5. The molecule has 4 aliphatic rings. The Bertz CT molecular complexity index is 777. The van der Waals surface area contributed by atoms with Crippen molar-refractivity contribution in [1.82, 2.24) is 0 Å². The molecule has 7 nitrogen and oxygen atoms in total. The Hall–Kier alpha value is -1.51. The summed E-state index contributed by atoms with van der Waals surface area (Å²) in [4.78, 5) is 12.6. The fourth-order valence-corrected chi connectivity index (χ4v) is 4.62. The molecule has 0 radical (unpaired) electrons. The van der Waals surface area contributed by atoms with Gasteiger partial charge in [-0.1, -0.05) is 30.3 Å². The summed E-state index contributed by atoms with van der Waals surface area (Å²) in [6.45, 7) is 7.51. The lowest BCUT2D eigenvalue weighted by molar-refractivity contribution is -0.242. The monoisotopic (exact) mass is 404 g/mol. The Balaban J connectivity index is 1.23. The zero-order valence-electron chi connectivity index (χ0n) is 17.2. The predicted molar refractivity (Wildman–Crippen MR) is 101 cm³/mol. The van der Waals surface area contributed by atoms with Gasteiger partial charge in [-0.3, -0.25) is 4.79 Å². The lowest BCUT2D eigenvalue weighted by Gasteiger charge is -2.36. The van der Waals surface area contributed by atoms with E-state index in [0.717, 1.165) is 6.42 Å². The molecule has 3 heterocycles. The molecular formula is C22H28O7. The second-order valence-electron chi connectivity index (χ2n) is 9.20. The van der Waals surface area contributed by atoms with Gasteiger partial charge in [-0.05, 0) is 45.6 Å². The molecule has 0 spiro atoms. The molecule has 0 amide bonds. The summed E-state index contributed by atoms with van der Waals surface area (Å²) in [5.41, 5.74) is 1.18. The van der Waals surface area contributed by atoms with Crippen molar-refractivity contribution in [3.63, 3.8) is 0 Å². The maximum Gasteiger partial charge on any atom is 0.309 e. The molecule has 0 N–H and O–H groups in total. The highest BCUT2D eigenvalue weighted by Crippen LogP contribution is 2.48. The molecule has 1 saturated carbocycles. The summed E-state index contributed by atoms with van der Waals surface area (Å²) in [6.07, 6.45) is -1.34. The molecule has 1 aliphatic carbocycles. The summed E-state index contributed by atoms with van der Waals surface area (Å²) >= 11 is 0. The Morgan fingerprint density at radius 1 is 0.966 bits per heavy atom. The second kappa shape index (κ2) is 6.75. The molecule has 3 aliphatic heterocycles. The minimum Gasteiger partial charge on any atom is -0.463 e. The van der Waals surface area contributed by atoms with Gasteiger partial charge >= 0.3 is 5.97 Å². The second-order valence-corrected chi connectivity index (χ2v) is 9.20. The number of carbonyl (C=O) groups is 1. The van der Waals surface area contributed by atoms with E-state index in [9.17, 15) is 4.79 Å². The minimum absolute atomic E-state index is 0.0910. The van der Waals surface area contributed by atoms with Crippen LogP contribution in [0.3, 0.4) is 0 Å². The molecule has 4 fully saturated rings. The summed E-state index contributed by atoms with van der Waals surface area (Å²) in [5.74, 6) is -1.57. The maximum absolute atomic E-state index is 12.6. The van der Waals surface area contributed by atoms with Crippen LogP contribution in [0, 0.1) is 5.92 Å². The van der Waals surface area contributed by atoms with Crippen LogP contribution in [0.1, 0.15) is 45.6 Å². The molecule has 0 bridgehead atoms. The van der Waals surface area contributed by atoms with Crippen molar-refractivity contribution in [2.45, 2.75) is 82.3 Å². The fraction of sp³-hybridized carbons (Fsp3) is 0.682. The predicted octanol–water partition coefficient (Wildman–Crippen LogP) is 2.73. The lowest BCUT2D eigenvalue weighted by atomic mass is 9.99. The first-order valence-electron chi connectivity index (χ1n) is 10.3. The van der Waals surface area contributed by atoms with E-state index in [1.165, 1.54) is 5.56 Å². The third kappa shape index (κ3) is 3.70. The quantitative estimate of drug-likeness (QED) is 0.715. The van der Waals surface area contributed by atoms with Crippen LogP contribution in [0.25, 0.3) is 0 Å². The minimum atomic E-state index is -0.765. The molecule has 5 rings (SSSR count). The standard InChI is InChI=1S/C22H28O7/c1-21(2)26-16-15(25-20-18(17(16)27-21)28-22(3,4)29-20)11-24-19(23)14-10-13(14)12-8-6-5-7-9-12/h5-9,13-18,20H,10-11H2,1-4H3/t13-,14+,15-,16+,17+,18-,20-/m0/s1. The Morgan fingerprint density at radius 3 is 2.38 bits per heavy atom. The molecule has 1 aromatic rings. The first-order chi connectivity index (χ1) is 13.7. The number of hydrogen-bond acceptors (Lipinski definition) is 7. The number of benzene rings is 1. The number of ether oxygens (including phenoxy) is 6. The van der Waals surface area contributed by atoms with Crippen LogP contribution in [0.2, 0.25) is 0 Å². The highest BCUT2D eigenvalue weighted by Gasteiger charge is 2.61. The van der Waals surface area contributed by atoms with E-state index in [-0.39, 0.29) is 42.7 Å². The number of esters is 1. The summed E-state index contributed by atoms with van der Waals surface area (Å²) in [5, 5.41) is 0. The highest BCUT2D eigenvalue weighted by molar-refractivity contribution is 5.77. The van der Waals surface area contributed by atoms with Crippen LogP contribution >= 0.6 is 0 Å². The first-order valence-corrected chi connectivity index (χ1v) is 10.3. The SMILES string of the molecule is CC1(C)O[C@@H]2O[C@@H](COC(=O)[C@@H]3C[C@H]3c3ccccc3)[C@H]3OC(C)(C)O[C@H]3[C@@H]2O1. The molecule has 1 aromatic carbocycles. The third-order valence-electron chi connectivity index (χ3n) is 5.96. The number of carbonyl (C=O) groups excluding carboxylic acids is 1. The van der Waals surface area contributed by atoms with Crippen molar-refractivity contribution in [2.24, 2.45) is 5.92 Å². The van der Waals surface area contributed by atoms with Gasteiger partial charge in [0.15, 0.2) is 17.9 Å². The summed E-state index contributed by atoms with van der Waals surface area (Å²) in [7, 11) is 0. The molecule has 7 heteroatoms. The number of fused-ring (bicyclic) bond motifs is 3. The largest absolute Gasteiger partial charge is 0.463 e. The van der Waals surface area contributed by atoms with Crippen molar-refractivity contribution < 1.29 is 33.2 Å². The van der Waals surface area contributed by atoms with Crippen molar-refractivity contribution in [3.05, 3.63) is 35.9 Å².